The molecule has 1 N–H and O–H groups in total. The Balaban J connectivity index is 1.81. The van der Waals surface area contributed by atoms with E-state index in [1.165, 1.54) is 9.21 Å². The average molecular weight is 660 g/mol. The van der Waals surface area contributed by atoms with Crippen molar-refractivity contribution in [2.24, 2.45) is 0 Å². The van der Waals surface area contributed by atoms with Gasteiger partial charge in [0.05, 0.1) is 10.6 Å². The zero-order valence-electron chi connectivity index (χ0n) is 26.9. The molecule has 0 spiro atoms. The first-order valence-corrected chi connectivity index (χ1v) is 17.3. The number of hydrogen-bond donors (Lipinski definition) is 1. The molecule has 1 atom stereocenters. The van der Waals surface area contributed by atoms with Crippen LogP contribution in [0.1, 0.15) is 47.6 Å². The molecule has 0 heterocycles. The van der Waals surface area contributed by atoms with E-state index in [1.54, 1.807) is 42.5 Å². The fourth-order valence-electron chi connectivity index (χ4n) is 5.19. The number of halogens is 1. The number of sulfonamides is 1. The molecule has 0 aliphatic heterocycles. The molecule has 0 unspecified atom stereocenters. The van der Waals surface area contributed by atoms with Crippen LogP contribution in [0.5, 0.6) is 0 Å². The maximum Gasteiger partial charge on any atom is 0.264 e. The van der Waals surface area contributed by atoms with Crippen LogP contribution in [-0.4, -0.2) is 44.3 Å². The molecule has 7 nitrogen and oxygen atoms in total. The van der Waals surface area contributed by atoms with Crippen LogP contribution in [0.4, 0.5) is 5.69 Å². The molecule has 46 heavy (non-hydrogen) atoms. The lowest BCUT2D eigenvalue weighted by Crippen LogP contribution is -2.53. The fourth-order valence-corrected chi connectivity index (χ4v) is 6.78. The van der Waals surface area contributed by atoms with Crippen LogP contribution < -0.4 is 9.62 Å². The summed E-state index contributed by atoms with van der Waals surface area (Å²) >= 11 is 6.17. The van der Waals surface area contributed by atoms with Crippen LogP contribution in [0.15, 0.2) is 102 Å². The Morgan fingerprint density at radius 2 is 1.48 bits per heavy atom. The highest BCUT2D eigenvalue weighted by Gasteiger charge is 2.35. The van der Waals surface area contributed by atoms with Crippen molar-refractivity contribution in [2.75, 3.05) is 17.4 Å². The van der Waals surface area contributed by atoms with Crippen LogP contribution in [0.2, 0.25) is 5.02 Å². The summed E-state index contributed by atoms with van der Waals surface area (Å²) in [5, 5.41) is 3.56. The van der Waals surface area contributed by atoms with Crippen LogP contribution in [-0.2, 0) is 32.6 Å². The van der Waals surface area contributed by atoms with Crippen molar-refractivity contribution in [1.29, 1.82) is 0 Å². The van der Waals surface area contributed by atoms with E-state index in [1.807, 2.05) is 82.3 Å². The van der Waals surface area contributed by atoms with Crippen molar-refractivity contribution in [1.82, 2.24) is 10.2 Å². The predicted molar refractivity (Wildman–Crippen MR) is 185 cm³/mol. The van der Waals surface area contributed by atoms with Crippen molar-refractivity contribution >= 4 is 39.1 Å². The van der Waals surface area contributed by atoms with E-state index < -0.39 is 28.5 Å². The summed E-state index contributed by atoms with van der Waals surface area (Å²) in [5.41, 5.74) is 4.53. The van der Waals surface area contributed by atoms with Gasteiger partial charge in [0.15, 0.2) is 0 Å². The number of nitrogens with zero attached hydrogens (tertiary/aromatic N) is 2. The Kier molecular flexibility index (Phi) is 12.0. The highest BCUT2D eigenvalue weighted by Crippen LogP contribution is 2.29. The maximum atomic E-state index is 14.6. The Bertz CT molecular complexity index is 1730. The second kappa shape index (κ2) is 15.9. The largest absolute Gasteiger partial charge is 0.354 e. The van der Waals surface area contributed by atoms with E-state index in [-0.39, 0.29) is 23.8 Å². The van der Waals surface area contributed by atoms with Crippen molar-refractivity contribution < 1.29 is 18.0 Å². The molecular formula is C37H42ClN3O4S. The number of carbonyl (C=O) groups excluding carboxylic acids is 2. The van der Waals surface area contributed by atoms with Gasteiger partial charge in [0, 0.05) is 24.5 Å². The molecule has 0 radical (unpaired) electrons. The molecule has 0 aromatic heterocycles. The smallest absolute Gasteiger partial charge is 0.264 e. The van der Waals surface area contributed by atoms with Crippen LogP contribution in [0.25, 0.3) is 0 Å². The zero-order chi connectivity index (χ0) is 33.3. The number of amides is 2. The van der Waals surface area contributed by atoms with E-state index in [9.17, 15) is 18.0 Å². The number of carbonyl (C=O) groups is 2. The standard InChI is InChI=1S/C37H42ClN3O4S/c1-5-6-22-39-37(43)35(24-30-10-8-7-9-11-30)40(25-31-16-18-32(38)19-17-31)36(42)26-41(34-23-28(3)12-15-29(34)4)46(44,45)33-20-13-27(2)14-21-33/h7-21,23,35H,5-6,22,24-26H2,1-4H3,(H,39,43)/t35-/m0/s1. The molecule has 0 bridgehead atoms. The van der Waals surface area contributed by atoms with Crippen LogP contribution in [0, 0.1) is 20.8 Å². The average Bonchev–Trinajstić information content (AvgIpc) is 3.04. The summed E-state index contributed by atoms with van der Waals surface area (Å²) in [6.45, 7) is 7.68. The van der Waals surface area contributed by atoms with Gasteiger partial charge in [-0.2, -0.15) is 0 Å². The van der Waals surface area contributed by atoms with Gasteiger partial charge in [-0.3, -0.25) is 13.9 Å². The Morgan fingerprint density at radius 3 is 2.13 bits per heavy atom. The summed E-state index contributed by atoms with van der Waals surface area (Å²) in [6.07, 6.45) is 1.95. The highest BCUT2D eigenvalue weighted by molar-refractivity contribution is 7.92. The summed E-state index contributed by atoms with van der Waals surface area (Å²) in [6, 6.07) is 27.8. The van der Waals surface area contributed by atoms with E-state index in [0.29, 0.717) is 22.8 Å². The quantitative estimate of drug-likeness (QED) is 0.148. The molecule has 4 aromatic rings. The Labute approximate surface area is 278 Å². The van der Waals surface area contributed by atoms with Crippen LogP contribution in [0.3, 0.4) is 0 Å². The van der Waals surface area contributed by atoms with Crippen molar-refractivity contribution in [3.05, 3.63) is 130 Å². The third-order valence-electron chi connectivity index (χ3n) is 7.89. The van der Waals surface area contributed by atoms with Gasteiger partial charge in [-0.15, -0.1) is 0 Å². The first-order valence-electron chi connectivity index (χ1n) is 15.5. The van der Waals surface area contributed by atoms with E-state index in [4.69, 9.17) is 11.6 Å². The number of aryl methyl sites for hydroxylation is 3. The first kappa shape index (κ1) is 34.7. The third kappa shape index (κ3) is 8.98. The fraction of sp³-hybridized carbons (Fsp3) is 0.297. The second-order valence-electron chi connectivity index (χ2n) is 11.6. The highest BCUT2D eigenvalue weighted by atomic mass is 35.5. The second-order valence-corrected chi connectivity index (χ2v) is 13.9. The Morgan fingerprint density at radius 1 is 0.826 bits per heavy atom. The lowest BCUT2D eigenvalue weighted by molar-refractivity contribution is -0.140. The third-order valence-corrected chi connectivity index (χ3v) is 9.91. The molecule has 2 amide bonds. The molecule has 0 saturated heterocycles. The van der Waals surface area contributed by atoms with Crippen molar-refractivity contribution in [3.8, 4) is 0 Å². The van der Waals surface area contributed by atoms with Gasteiger partial charge >= 0.3 is 0 Å². The SMILES string of the molecule is CCCCNC(=O)[C@H](Cc1ccccc1)N(Cc1ccc(Cl)cc1)C(=O)CN(c1cc(C)ccc1C)S(=O)(=O)c1ccc(C)cc1. The summed E-state index contributed by atoms with van der Waals surface area (Å²) in [4.78, 5) is 30.0. The van der Waals surface area contributed by atoms with E-state index in [2.05, 4.69) is 5.32 Å². The van der Waals surface area contributed by atoms with Gasteiger partial charge < -0.3 is 10.2 Å². The minimum atomic E-state index is -4.17. The summed E-state index contributed by atoms with van der Waals surface area (Å²) < 4.78 is 29.8. The van der Waals surface area contributed by atoms with Crippen molar-refractivity contribution in [3.63, 3.8) is 0 Å². The molecule has 0 fully saturated rings. The van der Waals surface area contributed by atoms with Gasteiger partial charge in [-0.05, 0) is 79.8 Å². The molecule has 0 aliphatic carbocycles. The number of nitrogens with one attached hydrogen (secondary N) is 1. The van der Waals surface area contributed by atoms with Gasteiger partial charge in [-0.25, -0.2) is 8.42 Å². The molecule has 0 saturated carbocycles. The number of anilines is 1. The van der Waals surface area contributed by atoms with Gasteiger partial charge in [0.25, 0.3) is 10.0 Å². The van der Waals surface area contributed by atoms with Crippen LogP contribution >= 0.6 is 11.6 Å². The number of benzene rings is 4. The predicted octanol–water partition coefficient (Wildman–Crippen LogP) is 7.02. The summed E-state index contributed by atoms with van der Waals surface area (Å²) in [7, 11) is -4.17. The normalized spacial score (nSPS) is 11.9. The summed E-state index contributed by atoms with van der Waals surface area (Å²) in [5.74, 6) is -0.794. The monoisotopic (exact) mass is 659 g/mol. The molecule has 9 heteroatoms. The molecule has 242 valence electrons. The number of rotatable bonds is 14. The zero-order valence-corrected chi connectivity index (χ0v) is 28.4. The lowest BCUT2D eigenvalue weighted by atomic mass is 10.0. The minimum absolute atomic E-state index is 0.0780. The first-order chi connectivity index (χ1) is 22.0. The molecule has 0 aliphatic rings. The number of hydrogen-bond acceptors (Lipinski definition) is 4. The molecule has 4 aromatic carbocycles. The number of unbranched alkanes of at least 4 members (excludes halogenated alkanes) is 1. The Hall–Kier alpha value is -4.14. The van der Waals surface area contributed by atoms with E-state index >= 15 is 0 Å². The lowest BCUT2D eigenvalue weighted by Gasteiger charge is -2.34. The van der Waals surface area contributed by atoms with E-state index in [0.717, 1.165) is 35.1 Å². The van der Waals surface area contributed by atoms with Gasteiger partial charge in [0.2, 0.25) is 11.8 Å². The molecular weight excluding hydrogens is 618 g/mol. The minimum Gasteiger partial charge on any atom is -0.354 e. The van der Waals surface area contributed by atoms with Crippen molar-refractivity contribution in [2.45, 2.75) is 64.4 Å². The topological polar surface area (TPSA) is 86.8 Å². The molecule has 4 rings (SSSR count). The van der Waals surface area contributed by atoms with Gasteiger partial charge in [0.1, 0.15) is 12.6 Å². The van der Waals surface area contributed by atoms with Gasteiger partial charge in [-0.1, -0.05) is 97.2 Å². The maximum absolute atomic E-state index is 14.6.